The van der Waals surface area contributed by atoms with E-state index in [1.54, 1.807) is 4.90 Å². The number of pyridine rings is 1. The van der Waals surface area contributed by atoms with Gasteiger partial charge in [0.1, 0.15) is 0 Å². The van der Waals surface area contributed by atoms with Gasteiger partial charge in [-0.1, -0.05) is 0 Å². The van der Waals surface area contributed by atoms with E-state index in [9.17, 15) is 4.79 Å². The number of nitrogens with one attached hydrogen (secondary N) is 1. The summed E-state index contributed by atoms with van der Waals surface area (Å²) in [6.07, 6.45) is 2.77. The fourth-order valence-electron chi connectivity index (χ4n) is 4.62. The number of anilines is 1. The van der Waals surface area contributed by atoms with Crippen molar-refractivity contribution in [2.24, 2.45) is 5.73 Å². The molecule has 0 radical (unpaired) electrons. The largest absolute Gasteiger partial charge is 0.380 e. The van der Waals surface area contributed by atoms with Gasteiger partial charge in [-0.25, -0.2) is 9.37 Å². The number of nitrogens with zero attached hydrogens (tertiary/aromatic N) is 3. The van der Waals surface area contributed by atoms with Crippen molar-refractivity contribution in [2.75, 3.05) is 25.1 Å². The third-order valence-corrected chi connectivity index (χ3v) is 6.42. The van der Waals surface area contributed by atoms with Gasteiger partial charge < -0.3 is 30.0 Å². The molecule has 0 saturated carbocycles. The summed E-state index contributed by atoms with van der Waals surface area (Å²) in [4.78, 5) is 19.3. The van der Waals surface area contributed by atoms with E-state index in [1.807, 2.05) is 26.1 Å². The minimum atomic E-state index is -0.470. The van der Waals surface area contributed by atoms with Crippen molar-refractivity contribution in [2.45, 2.75) is 58.2 Å². The molecule has 166 valence electrons. The summed E-state index contributed by atoms with van der Waals surface area (Å²) in [5.74, 6) is -0.500. The molecule has 0 aromatic carbocycles. The summed E-state index contributed by atoms with van der Waals surface area (Å²) in [7, 11) is 0. The average Bonchev–Trinajstić information content (AvgIpc) is 3.32. The smallest absolute Gasteiger partial charge is 0.256 e. The second-order valence-electron chi connectivity index (χ2n) is 8.57. The van der Waals surface area contributed by atoms with Crippen molar-refractivity contribution in [3.8, 4) is 11.3 Å². The van der Waals surface area contributed by atoms with Crippen molar-refractivity contribution in [3.63, 3.8) is 0 Å². The number of ether oxygens (including phenoxy) is 2. The van der Waals surface area contributed by atoms with E-state index in [0.29, 0.717) is 49.6 Å². The van der Waals surface area contributed by atoms with Crippen LogP contribution in [0.4, 0.5) is 10.2 Å². The molecule has 3 atom stereocenters. The van der Waals surface area contributed by atoms with Gasteiger partial charge in [0.15, 0.2) is 11.6 Å². The molecule has 1 saturated heterocycles. The van der Waals surface area contributed by atoms with Crippen molar-refractivity contribution in [3.05, 3.63) is 34.9 Å². The van der Waals surface area contributed by atoms with Crippen LogP contribution in [0.3, 0.4) is 0 Å². The first-order chi connectivity index (χ1) is 15.0. The predicted octanol–water partition coefficient (Wildman–Crippen LogP) is 2.11. The molecule has 3 aliphatic rings. The van der Waals surface area contributed by atoms with Crippen molar-refractivity contribution in [1.29, 1.82) is 0 Å². The first-order valence-corrected chi connectivity index (χ1v) is 10.9. The van der Waals surface area contributed by atoms with Crippen LogP contribution in [-0.2, 0) is 29.2 Å². The summed E-state index contributed by atoms with van der Waals surface area (Å²) >= 11 is 0. The lowest BCUT2D eigenvalue weighted by molar-refractivity contribution is 0.0167. The molecule has 3 unspecified atom stereocenters. The molecule has 31 heavy (non-hydrogen) atoms. The molecule has 3 aliphatic heterocycles. The Morgan fingerprint density at radius 2 is 2.26 bits per heavy atom. The van der Waals surface area contributed by atoms with E-state index in [2.05, 4.69) is 14.9 Å². The van der Waals surface area contributed by atoms with Crippen LogP contribution in [0.15, 0.2) is 12.3 Å². The molecular weight excluding hydrogens is 401 g/mol. The van der Waals surface area contributed by atoms with Gasteiger partial charge in [0, 0.05) is 61.3 Å². The number of amides is 1. The highest BCUT2D eigenvalue weighted by molar-refractivity contribution is 6.04. The highest BCUT2D eigenvalue weighted by atomic mass is 19.1. The Bertz CT molecular complexity index is 1020. The molecule has 2 aromatic heterocycles. The Labute approximate surface area is 180 Å². The fraction of sp³-hybridized carbons (Fsp3) is 0.545. The number of carbonyl (C=O) groups is 1. The number of aromatic nitrogens is 2. The molecule has 0 spiro atoms. The maximum Gasteiger partial charge on any atom is 0.256 e. The lowest BCUT2D eigenvalue weighted by atomic mass is 10.0. The van der Waals surface area contributed by atoms with Gasteiger partial charge >= 0.3 is 0 Å². The van der Waals surface area contributed by atoms with E-state index in [4.69, 9.17) is 15.2 Å². The summed E-state index contributed by atoms with van der Waals surface area (Å²) in [5, 5.41) is 3.20. The second-order valence-corrected chi connectivity index (χ2v) is 8.57. The number of halogens is 1. The third kappa shape index (κ3) is 3.50. The van der Waals surface area contributed by atoms with E-state index >= 15 is 4.39 Å². The van der Waals surface area contributed by atoms with E-state index < -0.39 is 5.82 Å². The fourth-order valence-corrected chi connectivity index (χ4v) is 4.62. The van der Waals surface area contributed by atoms with Gasteiger partial charge in [-0.3, -0.25) is 4.79 Å². The Balaban J connectivity index is 1.60. The standard InChI is InChI=1S/C22H28FN5O3/c1-3-27-9-15-18(22(27)29)20(13-6-14-10-31-12(2)7-28(14)8-13)26-21(19(15)23)25-17-4-5-30-11-16(17)24/h6,8,12,16-17H,3-5,7,9-11,24H2,1-2H3,(H,25,26). The third-order valence-electron chi connectivity index (χ3n) is 6.42. The van der Waals surface area contributed by atoms with Gasteiger partial charge in [0.05, 0.1) is 30.6 Å². The number of hydrogen-bond acceptors (Lipinski definition) is 6. The minimum absolute atomic E-state index is 0.115. The quantitative estimate of drug-likeness (QED) is 0.773. The Morgan fingerprint density at radius 3 is 3.03 bits per heavy atom. The SMILES string of the molecule is CCN1Cc2c(F)c(NC3CCOCC3N)nc(-c3cc4n(c3)CC(C)OC4)c2C1=O. The lowest BCUT2D eigenvalue weighted by Crippen LogP contribution is -2.48. The van der Waals surface area contributed by atoms with E-state index in [-0.39, 0.29) is 36.5 Å². The molecule has 8 nitrogen and oxygen atoms in total. The van der Waals surface area contributed by atoms with Crippen LogP contribution in [0.1, 0.15) is 41.9 Å². The molecule has 1 amide bonds. The summed E-state index contributed by atoms with van der Waals surface area (Å²) in [5.41, 5.74) is 9.25. The molecule has 2 aromatic rings. The van der Waals surface area contributed by atoms with Crippen LogP contribution in [0, 0.1) is 5.82 Å². The zero-order chi connectivity index (χ0) is 21.7. The monoisotopic (exact) mass is 429 g/mol. The van der Waals surface area contributed by atoms with Crippen LogP contribution in [0.5, 0.6) is 0 Å². The zero-order valence-electron chi connectivity index (χ0n) is 17.9. The van der Waals surface area contributed by atoms with Crippen LogP contribution < -0.4 is 11.1 Å². The van der Waals surface area contributed by atoms with Gasteiger partial charge in [-0.05, 0) is 26.3 Å². The maximum atomic E-state index is 15.5. The highest BCUT2D eigenvalue weighted by Crippen LogP contribution is 2.37. The molecule has 5 rings (SSSR count). The van der Waals surface area contributed by atoms with Crippen molar-refractivity contribution >= 4 is 11.7 Å². The Morgan fingerprint density at radius 1 is 1.42 bits per heavy atom. The van der Waals surface area contributed by atoms with E-state index in [1.165, 1.54) is 0 Å². The van der Waals surface area contributed by atoms with Crippen LogP contribution in [-0.4, -0.2) is 58.3 Å². The number of carbonyl (C=O) groups excluding carboxylic acids is 1. The topological polar surface area (TPSA) is 94.6 Å². The molecule has 3 N–H and O–H groups in total. The predicted molar refractivity (Wildman–Crippen MR) is 113 cm³/mol. The molecule has 0 aliphatic carbocycles. The molecule has 9 heteroatoms. The molecule has 0 bridgehead atoms. The minimum Gasteiger partial charge on any atom is -0.380 e. The van der Waals surface area contributed by atoms with Crippen molar-refractivity contribution in [1.82, 2.24) is 14.5 Å². The Hall–Kier alpha value is -2.49. The van der Waals surface area contributed by atoms with Crippen LogP contribution in [0.25, 0.3) is 11.3 Å². The van der Waals surface area contributed by atoms with Gasteiger partial charge in [0.25, 0.3) is 5.91 Å². The van der Waals surface area contributed by atoms with Gasteiger partial charge in [0.2, 0.25) is 0 Å². The summed E-state index contributed by atoms with van der Waals surface area (Å²) < 4.78 is 28.8. The summed E-state index contributed by atoms with van der Waals surface area (Å²) in [6.45, 7) is 6.90. The lowest BCUT2D eigenvalue weighted by Gasteiger charge is -2.30. The highest BCUT2D eigenvalue weighted by Gasteiger charge is 2.36. The summed E-state index contributed by atoms with van der Waals surface area (Å²) in [6, 6.07) is 1.59. The maximum absolute atomic E-state index is 15.5. The van der Waals surface area contributed by atoms with Crippen molar-refractivity contribution < 1.29 is 18.7 Å². The first-order valence-electron chi connectivity index (χ1n) is 10.9. The van der Waals surface area contributed by atoms with E-state index in [0.717, 1.165) is 17.8 Å². The number of nitrogens with two attached hydrogens (primary N) is 1. The number of fused-ring (bicyclic) bond motifs is 2. The van der Waals surface area contributed by atoms with Gasteiger partial charge in [-0.15, -0.1) is 0 Å². The van der Waals surface area contributed by atoms with Crippen LogP contribution in [0.2, 0.25) is 0 Å². The number of rotatable bonds is 4. The van der Waals surface area contributed by atoms with Gasteiger partial charge in [-0.2, -0.15) is 0 Å². The average molecular weight is 429 g/mol. The second kappa shape index (κ2) is 7.89. The molecule has 1 fully saturated rings. The Kier molecular flexibility index (Phi) is 5.19. The zero-order valence-corrected chi connectivity index (χ0v) is 17.9. The van der Waals surface area contributed by atoms with Crippen LogP contribution >= 0.6 is 0 Å². The molecular formula is C22H28FN5O3. The number of hydrogen-bond donors (Lipinski definition) is 2. The normalized spacial score (nSPS) is 25.5. The molecule has 5 heterocycles. The first kappa shape index (κ1) is 20.4.